The molecule has 2 aliphatic rings. The third kappa shape index (κ3) is 3.42. The summed E-state index contributed by atoms with van der Waals surface area (Å²) in [7, 11) is 0. The fourth-order valence-electron chi connectivity index (χ4n) is 4.26. The number of anilines is 1. The summed E-state index contributed by atoms with van der Waals surface area (Å²) in [6.45, 7) is -0.0223. The molecular formula is C20H18ClF3N4O2S. The van der Waals surface area contributed by atoms with Gasteiger partial charge in [-0.25, -0.2) is 14.1 Å². The molecule has 0 radical (unpaired) electrons. The second kappa shape index (κ2) is 7.47. The zero-order valence-electron chi connectivity index (χ0n) is 16.2. The maximum absolute atomic E-state index is 14.3. The summed E-state index contributed by atoms with van der Waals surface area (Å²) in [4.78, 5) is 6.49. The molecule has 0 amide bonds. The van der Waals surface area contributed by atoms with Crippen LogP contribution >= 0.6 is 22.9 Å². The standard InChI is InChI=1S/C20H18ClF3N4O2S/c21-16-8-12-17(31-16)19(30-11-20(12,23)24)3-6-27(7-4-19)15-9-28(26-14(15)10-29)18-13(22)2-1-5-25-18/h1-2,5,8-9,29H,3-4,6-7,10-11H2. The molecule has 2 aliphatic heterocycles. The number of fused-ring (bicyclic) bond motifs is 2. The molecule has 6 nitrogen and oxygen atoms in total. The van der Waals surface area contributed by atoms with Crippen molar-refractivity contribution in [2.45, 2.75) is 31.0 Å². The summed E-state index contributed by atoms with van der Waals surface area (Å²) in [6, 6.07) is 4.11. The van der Waals surface area contributed by atoms with E-state index in [1.165, 1.54) is 29.1 Å². The van der Waals surface area contributed by atoms with Crippen LogP contribution in [0.2, 0.25) is 4.34 Å². The van der Waals surface area contributed by atoms with Crippen molar-refractivity contribution in [1.82, 2.24) is 14.8 Å². The van der Waals surface area contributed by atoms with Crippen molar-refractivity contribution in [2.75, 3.05) is 24.6 Å². The number of hydrogen-bond donors (Lipinski definition) is 1. The number of pyridine rings is 1. The Labute approximate surface area is 184 Å². The molecule has 5 heterocycles. The molecule has 0 bridgehead atoms. The van der Waals surface area contributed by atoms with Gasteiger partial charge in [-0.05, 0) is 31.0 Å². The van der Waals surface area contributed by atoms with Crippen molar-refractivity contribution in [1.29, 1.82) is 0 Å². The molecule has 0 atom stereocenters. The summed E-state index contributed by atoms with van der Waals surface area (Å²) in [5, 5.41) is 14.0. The number of halogens is 4. The van der Waals surface area contributed by atoms with E-state index in [-0.39, 0.29) is 18.0 Å². The first-order valence-corrected chi connectivity index (χ1v) is 10.9. The molecule has 11 heteroatoms. The van der Waals surface area contributed by atoms with Crippen molar-refractivity contribution in [3.05, 3.63) is 56.9 Å². The smallest absolute Gasteiger partial charge is 0.297 e. The first-order valence-electron chi connectivity index (χ1n) is 9.70. The Balaban J connectivity index is 1.42. The quantitative estimate of drug-likeness (QED) is 0.620. The van der Waals surface area contributed by atoms with Crippen LogP contribution in [0.5, 0.6) is 0 Å². The van der Waals surface area contributed by atoms with E-state index in [1.807, 2.05) is 4.90 Å². The topological polar surface area (TPSA) is 63.4 Å². The molecule has 31 heavy (non-hydrogen) atoms. The average molecular weight is 471 g/mol. The van der Waals surface area contributed by atoms with E-state index in [2.05, 4.69) is 10.1 Å². The number of rotatable bonds is 3. The van der Waals surface area contributed by atoms with E-state index in [9.17, 15) is 18.3 Å². The van der Waals surface area contributed by atoms with E-state index in [4.69, 9.17) is 16.3 Å². The van der Waals surface area contributed by atoms with Crippen LogP contribution in [0.3, 0.4) is 0 Å². The highest BCUT2D eigenvalue weighted by atomic mass is 35.5. The van der Waals surface area contributed by atoms with E-state index >= 15 is 0 Å². The van der Waals surface area contributed by atoms with Gasteiger partial charge in [-0.2, -0.15) is 13.9 Å². The van der Waals surface area contributed by atoms with Crippen LogP contribution in [0.1, 0.15) is 29.0 Å². The molecule has 1 fully saturated rings. The third-order valence-corrected chi connectivity index (χ3v) is 7.28. The lowest BCUT2D eigenvalue weighted by Gasteiger charge is -2.45. The molecule has 0 aromatic carbocycles. The van der Waals surface area contributed by atoms with Gasteiger partial charge < -0.3 is 14.7 Å². The summed E-state index contributed by atoms with van der Waals surface area (Å²) < 4.78 is 50.1. The SMILES string of the molecule is OCc1nn(-c2ncccc2F)cc1N1CCC2(CC1)OCC(F)(F)c1cc(Cl)sc12. The molecule has 1 N–H and O–H groups in total. The molecule has 164 valence electrons. The maximum Gasteiger partial charge on any atom is 0.297 e. The minimum atomic E-state index is -3.06. The number of aromatic nitrogens is 3. The number of hydrogen-bond acceptors (Lipinski definition) is 6. The highest BCUT2D eigenvalue weighted by Crippen LogP contribution is 2.52. The molecule has 1 spiro atoms. The van der Waals surface area contributed by atoms with Crippen molar-refractivity contribution in [2.24, 2.45) is 0 Å². The zero-order valence-corrected chi connectivity index (χ0v) is 17.8. The van der Waals surface area contributed by atoms with Gasteiger partial charge in [-0.1, -0.05) is 11.6 Å². The monoisotopic (exact) mass is 470 g/mol. The molecule has 3 aromatic rings. The van der Waals surface area contributed by atoms with Crippen molar-refractivity contribution in [3.8, 4) is 5.82 Å². The van der Waals surface area contributed by atoms with Crippen molar-refractivity contribution < 1.29 is 23.0 Å². The van der Waals surface area contributed by atoms with E-state index in [1.54, 1.807) is 6.20 Å². The number of alkyl halides is 2. The van der Waals surface area contributed by atoms with Gasteiger partial charge >= 0.3 is 0 Å². The Hall–Kier alpha value is -2.14. The van der Waals surface area contributed by atoms with Crippen LogP contribution in [0.4, 0.5) is 18.9 Å². The lowest BCUT2D eigenvalue weighted by Crippen LogP contribution is -2.48. The first kappa shape index (κ1) is 20.7. The summed E-state index contributed by atoms with van der Waals surface area (Å²) in [5.41, 5.74) is 0.176. The Kier molecular flexibility index (Phi) is 5.00. The fourth-order valence-corrected chi connectivity index (χ4v) is 5.73. The van der Waals surface area contributed by atoms with Crippen molar-refractivity contribution >= 4 is 28.6 Å². The van der Waals surface area contributed by atoms with Gasteiger partial charge in [0, 0.05) is 29.7 Å². The second-order valence-electron chi connectivity index (χ2n) is 7.64. The lowest BCUT2D eigenvalue weighted by atomic mass is 9.84. The highest BCUT2D eigenvalue weighted by Gasteiger charge is 2.51. The maximum atomic E-state index is 14.3. The van der Waals surface area contributed by atoms with Gasteiger partial charge in [0.15, 0.2) is 11.6 Å². The molecular weight excluding hydrogens is 453 g/mol. The number of nitrogens with zero attached hydrogens (tertiary/aromatic N) is 4. The van der Waals surface area contributed by atoms with Crippen LogP contribution < -0.4 is 4.90 Å². The second-order valence-corrected chi connectivity index (χ2v) is 9.32. The highest BCUT2D eigenvalue weighted by molar-refractivity contribution is 7.16. The lowest BCUT2D eigenvalue weighted by molar-refractivity contribution is -0.173. The van der Waals surface area contributed by atoms with Gasteiger partial charge in [0.25, 0.3) is 5.92 Å². The molecule has 1 saturated heterocycles. The Morgan fingerprint density at radius 2 is 2.06 bits per heavy atom. The molecule has 5 rings (SSSR count). The molecule has 0 saturated carbocycles. The van der Waals surface area contributed by atoms with E-state index in [0.29, 0.717) is 46.5 Å². The van der Waals surface area contributed by atoms with Crippen LogP contribution in [0.25, 0.3) is 5.82 Å². The molecule has 0 aliphatic carbocycles. The van der Waals surface area contributed by atoms with Gasteiger partial charge in [-0.3, -0.25) is 0 Å². The van der Waals surface area contributed by atoms with E-state index < -0.39 is 23.9 Å². The summed E-state index contributed by atoms with van der Waals surface area (Å²) >= 11 is 7.20. The van der Waals surface area contributed by atoms with Crippen LogP contribution in [0, 0.1) is 5.82 Å². The first-order chi connectivity index (χ1) is 14.8. The van der Waals surface area contributed by atoms with Crippen LogP contribution in [-0.2, 0) is 22.9 Å². The summed E-state index contributed by atoms with van der Waals surface area (Å²) in [6.07, 6.45) is 4.03. The number of ether oxygens (including phenoxy) is 1. The Morgan fingerprint density at radius 3 is 2.77 bits per heavy atom. The number of piperidine rings is 1. The largest absolute Gasteiger partial charge is 0.390 e. The summed E-state index contributed by atoms with van der Waals surface area (Å²) in [5.74, 6) is -3.55. The molecule has 3 aromatic heterocycles. The minimum absolute atomic E-state index is 0.0349. The minimum Gasteiger partial charge on any atom is -0.390 e. The fraction of sp³-hybridized carbons (Fsp3) is 0.400. The van der Waals surface area contributed by atoms with Gasteiger partial charge in [0.05, 0.1) is 22.8 Å². The molecule has 0 unspecified atom stereocenters. The van der Waals surface area contributed by atoms with Crippen LogP contribution in [-0.4, -0.2) is 39.6 Å². The number of thiophene rings is 1. The average Bonchev–Trinajstić information content (AvgIpc) is 3.37. The third-order valence-electron chi connectivity index (χ3n) is 5.83. The Morgan fingerprint density at radius 1 is 1.29 bits per heavy atom. The predicted molar refractivity (Wildman–Crippen MR) is 110 cm³/mol. The van der Waals surface area contributed by atoms with Crippen LogP contribution in [0.15, 0.2) is 30.6 Å². The predicted octanol–water partition coefficient (Wildman–Crippen LogP) is 4.23. The van der Waals surface area contributed by atoms with Gasteiger partial charge in [0.2, 0.25) is 0 Å². The zero-order chi connectivity index (χ0) is 21.8. The van der Waals surface area contributed by atoms with Crippen molar-refractivity contribution in [3.63, 3.8) is 0 Å². The van der Waals surface area contributed by atoms with Gasteiger partial charge in [0.1, 0.15) is 17.9 Å². The Bertz CT molecular complexity index is 1130. The van der Waals surface area contributed by atoms with E-state index in [0.717, 1.165) is 11.3 Å². The number of aliphatic hydroxyl groups excluding tert-OH is 1. The normalized spacial score (nSPS) is 19.6. The number of aliphatic hydroxyl groups is 1. The van der Waals surface area contributed by atoms with Gasteiger partial charge in [-0.15, -0.1) is 11.3 Å².